The fraction of sp³-hybridized carbons (Fsp3) is 0.273. The molecule has 1 aromatic heterocycles. The van der Waals surface area contributed by atoms with Crippen molar-refractivity contribution < 1.29 is 31.1 Å². The van der Waals surface area contributed by atoms with Crippen LogP contribution in [0.2, 0.25) is 0 Å². The third-order valence-electron chi connectivity index (χ3n) is 5.23. The average Bonchev–Trinajstić information content (AvgIpc) is 2.74. The van der Waals surface area contributed by atoms with Gasteiger partial charge in [0.2, 0.25) is 0 Å². The number of fused-ring (bicyclic) bond motifs is 3. The summed E-state index contributed by atoms with van der Waals surface area (Å²) >= 11 is 0. The van der Waals surface area contributed by atoms with E-state index in [0.29, 0.717) is 22.9 Å². The Labute approximate surface area is 173 Å². The van der Waals surface area contributed by atoms with Gasteiger partial charge in [0.1, 0.15) is 25.4 Å². The lowest BCUT2D eigenvalue weighted by atomic mass is 9.84. The Morgan fingerprint density at radius 3 is 2.29 bits per heavy atom. The first-order valence-corrected chi connectivity index (χ1v) is 9.17. The molecule has 0 atom stereocenters. The summed E-state index contributed by atoms with van der Waals surface area (Å²) in [7, 11) is 0. The van der Waals surface area contributed by atoms with E-state index in [9.17, 15) is 31.1 Å². The number of hydrogen-bond acceptors (Lipinski definition) is 3. The average molecular weight is 440 g/mol. The van der Waals surface area contributed by atoms with Gasteiger partial charge < -0.3 is 5.73 Å². The van der Waals surface area contributed by atoms with E-state index < -0.39 is 48.5 Å². The molecule has 0 bridgehead atoms. The van der Waals surface area contributed by atoms with Crippen molar-refractivity contribution in [3.8, 4) is 0 Å². The maximum atomic E-state index is 13.9. The van der Waals surface area contributed by atoms with Crippen LogP contribution in [0.4, 0.5) is 32.0 Å². The number of nitrogens with zero attached hydrogens (tertiary/aromatic N) is 1. The van der Waals surface area contributed by atoms with Crippen molar-refractivity contribution in [1.82, 2.24) is 4.98 Å². The molecule has 9 heteroatoms. The number of aromatic nitrogens is 1. The molecular formula is C22H18F6N2O. The van der Waals surface area contributed by atoms with E-state index in [2.05, 4.69) is 4.98 Å². The zero-order chi connectivity index (χ0) is 23.0. The molecule has 0 aliphatic carbocycles. The Morgan fingerprint density at radius 2 is 1.71 bits per heavy atom. The summed E-state index contributed by atoms with van der Waals surface area (Å²) < 4.78 is 81.5. The number of halogens is 6. The molecule has 0 saturated heterocycles. The maximum absolute atomic E-state index is 13.9. The van der Waals surface area contributed by atoms with Gasteiger partial charge >= 0.3 is 6.18 Å². The Balaban J connectivity index is 2.43. The van der Waals surface area contributed by atoms with Crippen molar-refractivity contribution >= 4 is 38.7 Å². The molecule has 0 unspecified atom stereocenters. The smallest absolute Gasteiger partial charge is 0.397 e. The van der Waals surface area contributed by atoms with Crippen molar-refractivity contribution in [2.24, 2.45) is 5.41 Å². The first-order valence-electron chi connectivity index (χ1n) is 9.17. The fourth-order valence-electron chi connectivity index (χ4n) is 3.43. The summed E-state index contributed by atoms with van der Waals surface area (Å²) in [4.78, 5) is 16.6. The quantitative estimate of drug-likeness (QED) is 0.226. The maximum Gasteiger partial charge on any atom is 0.417 e. The molecular weight excluding hydrogens is 422 g/mol. The summed E-state index contributed by atoms with van der Waals surface area (Å²) in [6, 6.07) is 7.22. The highest BCUT2D eigenvalue weighted by molar-refractivity contribution is 6.15. The van der Waals surface area contributed by atoms with Gasteiger partial charge in [-0.15, -0.1) is 0 Å². The number of hydrogen-bond donors (Lipinski definition) is 1. The third-order valence-corrected chi connectivity index (χ3v) is 5.23. The summed E-state index contributed by atoms with van der Waals surface area (Å²) in [5, 5.41) is 0.964. The van der Waals surface area contributed by atoms with Gasteiger partial charge in [0.05, 0.1) is 16.8 Å². The molecule has 2 N–H and O–H groups in total. The van der Waals surface area contributed by atoms with Gasteiger partial charge in [0.25, 0.3) is 0 Å². The number of anilines is 1. The molecule has 1 heterocycles. The molecule has 164 valence electrons. The molecule has 3 rings (SSSR count). The van der Waals surface area contributed by atoms with Crippen LogP contribution in [0.25, 0.3) is 27.2 Å². The highest BCUT2D eigenvalue weighted by Crippen LogP contribution is 2.43. The van der Waals surface area contributed by atoms with Crippen molar-refractivity contribution in [2.45, 2.75) is 13.1 Å². The SMILES string of the molecule is CC(=CC(=O)C(CF)(CF)CF)c1c(C(F)(F)F)cc(N)c2ncc3ccccc3c12. The second kappa shape index (κ2) is 8.20. The zero-order valence-corrected chi connectivity index (χ0v) is 16.4. The van der Waals surface area contributed by atoms with Crippen molar-refractivity contribution in [3.63, 3.8) is 0 Å². The van der Waals surface area contributed by atoms with Crippen molar-refractivity contribution in [2.75, 3.05) is 25.8 Å². The highest BCUT2D eigenvalue weighted by Gasteiger charge is 2.39. The van der Waals surface area contributed by atoms with Gasteiger partial charge in [-0.3, -0.25) is 9.78 Å². The van der Waals surface area contributed by atoms with Crippen LogP contribution in [0.5, 0.6) is 0 Å². The highest BCUT2D eigenvalue weighted by atomic mass is 19.4. The number of alkyl halides is 6. The van der Waals surface area contributed by atoms with Gasteiger partial charge in [-0.1, -0.05) is 24.3 Å². The first-order chi connectivity index (χ1) is 14.6. The molecule has 2 aromatic carbocycles. The molecule has 0 saturated carbocycles. The standard InChI is InChI=1S/C22H18F6N2O/c1-12(6-17(31)21(9-23,10-24)11-25)18-15(22(26,27)28)7-16(29)20-19(18)14-5-3-2-4-13(14)8-30-20/h2-8H,9-11,29H2,1H3. The lowest BCUT2D eigenvalue weighted by Gasteiger charge is -2.22. The summed E-state index contributed by atoms with van der Waals surface area (Å²) in [6.45, 7) is -3.68. The van der Waals surface area contributed by atoms with E-state index in [4.69, 9.17) is 5.73 Å². The Morgan fingerprint density at radius 1 is 1.10 bits per heavy atom. The van der Waals surface area contributed by atoms with Crippen LogP contribution in [-0.4, -0.2) is 30.8 Å². The van der Waals surface area contributed by atoms with E-state index in [0.717, 1.165) is 0 Å². The summed E-state index contributed by atoms with van der Waals surface area (Å²) in [6.07, 6.45) is -2.75. The monoisotopic (exact) mass is 440 g/mol. The lowest BCUT2D eigenvalue weighted by Crippen LogP contribution is -2.37. The number of nitrogens with two attached hydrogens (primary N) is 1. The predicted molar refractivity (Wildman–Crippen MR) is 108 cm³/mol. The Kier molecular flexibility index (Phi) is 5.98. The number of carbonyl (C=O) groups is 1. The van der Waals surface area contributed by atoms with Crippen LogP contribution in [0.3, 0.4) is 0 Å². The Hall–Kier alpha value is -3.10. The molecule has 0 fully saturated rings. The van der Waals surface area contributed by atoms with E-state index in [-0.39, 0.29) is 22.2 Å². The van der Waals surface area contributed by atoms with Gasteiger partial charge in [-0.25, -0.2) is 13.2 Å². The van der Waals surface area contributed by atoms with Crippen LogP contribution >= 0.6 is 0 Å². The van der Waals surface area contributed by atoms with Crippen molar-refractivity contribution in [3.05, 3.63) is 53.7 Å². The number of allylic oxidation sites excluding steroid dienone is 2. The van der Waals surface area contributed by atoms with Crippen LogP contribution < -0.4 is 5.73 Å². The minimum atomic E-state index is -4.86. The molecule has 3 aromatic rings. The zero-order valence-electron chi connectivity index (χ0n) is 16.4. The van der Waals surface area contributed by atoms with Gasteiger partial charge in [0.15, 0.2) is 5.78 Å². The van der Waals surface area contributed by atoms with Gasteiger partial charge in [0, 0.05) is 17.0 Å². The molecule has 0 spiro atoms. The normalized spacial score (nSPS) is 13.2. The first kappa shape index (κ1) is 22.6. The molecule has 31 heavy (non-hydrogen) atoms. The fourth-order valence-corrected chi connectivity index (χ4v) is 3.43. The molecule has 3 nitrogen and oxygen atoms in total. The molecule has 0 radical (unpaired) electrons. The summed E-state index contributed by atoms with van der Waals surface area (Å²) in [5.74, 6) is -1.27. The number of pyridine rings is 1. The van der Waals surface area contributed by atoms with Crippen LogP contribution in [0, 0.1) is 5.41 Å². The second-order valence-electron chi connectivity index (χ2n) is 7.33. The van der Waals surface area contributed by atoms with E-state index in [1.165, 1.54) is 13.1 Å². The van der Waals surface area contributed by atoms with Crippen LogP contribution in [-0.2, 0) is 11.0 Å². The van der Waals surface area contributed by atoms with Gasteiger partial charge in [-0.2, -0.15) is 13.2 Å². The van der Waals surface area contributed by atoms with Crippen LogP contribution in [0.1, 0.15) is 18.1 Å². The van der Waals surface area contributed by atoms with E-state index in [1.807, 2.05) is 0 Å². The minimum Gasteiger partial charge on any atom is -0.397 e. The molecule has 0 aliphatic heterocycles. The largest absolute Gasteiger partial charge is 0.417 e. The number of benzene rings is 2. The minimum absolute atomic E-state index is 0.0401. The van der Waals surface area contributed by atoms with E-state index >= 15 is 0 Å². The van der Waals surface area contributed by atoms with Crippen molar-refractivity contribution in [1.29, 1.82) is 0 Å². The number of rotatable bonds is 6. The number of ketones is 1. The molecule has 0 aliphatic rings. The Bertz CT molecular complexity index is 1170. The summed E-state index contributed by atoms with van der Waals surface area (Å²) in [5.41, 5.74) is 1.35. The van der Waals surface area contributed by atoms with Crippen LogP contribution in [0.15, 0.2) is 42.6 Å². The predicted octanol–water partition coefficient (Wildman–Crippen LogP) is 5.86. The lowest BCUT2D eigenvalue weighted by molar-refractivity contribution is -0.137. The molecule has 0 amide bonds. The number of nitrogen functional groups attached to an aromatic ring is 1. The number of carbonyl (C=O) groups excluding carboxylic acids is 1. The third kappa shape index (κ3) is 3.84. The van der Waals surface area contributed by atoms with Gasteiger partial charge in [-0.05, 0) is 35.6 Å². The second-order valence-corrected chi connectivity index (χ2v) is 7.33. The van der Waals surface area contributed by atoms with E-state index in [1.54, 1.807) is 24.3 Å². The topological polar surface area (TPSA) is 56.0 Å².